The fourth-order valence-electron chi connectivity index (χ4n) is 2.19. The van der Waals surface area contributed by atoms with Crippen molar-refractivity contribution in [3.8, 4) is 0 Å². The maximum absolute atomic E-state index is 3.62. The van der Waals surface area contributed by atoms with Gasteiger partial charge in [-0.15, -0.1) is 11.3 Å². The maximum atomic E-state index is 3.62. The van der Waals surface area contributed by atoms with E-state index in [1.54, 1.807) is 0 Å². The normalized spacial score (nSPS) is 20.3. The summed E-state index contributed by atoms with van der Waals surface area (Å²) in [6, 6.07) is 8.68. The van der Waals surface area contributed by atoms with Crippen LogP contribution in [0.3, 0.4) is 0 Å². The Hall–Kier alpha value is -0.160. The number of nitrogens with one attached hydrogen (secondary N) is 1. The van der Waals surface area contributed by atoms with E-state index in [2.05, 4.69) is 58.5 Å². The molecule has 0 spiro atoms. The van der Waals surface area contributed by atoms with E-state index >= 15 is 0 Å². The molecule has 1 saturated heterocycles. The largest absolute Gasteiger partial charge is 0.311 e. The molecule has 96 valence electrons. The molecule has 0 aliphatic carbocycles. The molecule has 1 nitrogen and oxygen atoms in total. The second kappa shape index (κ2) is 6.33. The van der Waals surface area contributed by atoms with Gasteiger partial charge in [0, 0.05) is 40.3 Å². The molecule has 0 bridgehead atoms. The number of benzene rings is 1. The summed E-state index contributed by atoms with van der Waals surface area (Å²) in [4.78, 5) is 0. The molecule has 1 aliphatic rings. The second-order valence-corrected chi connectivity index (χ2v) is 7.93. The average molecular weight is 295 g/mol. The summed E-state index contributed by atoms with van der Waals surface area (Å²) in [5.41, 5.74) is 1.45. The van der Waals surface area contributed by atoms with E-state index < -0.39 is 0 Å². The predicted molar refractivity (Wildman–Crippen MR) is 87.1 cm³/mol. The van der Waals surface area contributed by atoms with Crippen LogP contribution in [0.4, 0.5) is 0 Å². The molecule has 1 unspecified atom stereocenters. The Morgan fingerprint density at radius 2 is 2.17 bits per heavy atom. The molecule has 1 aliphatic heterocycles. The van der Waals surface area contributed by atoms with Gasteiger partial charge in [0.2, 0.25) is 0 Å². The van der Waals surface area contributed by atoms with Crippen LogP contribution in [-0.4, -0.2) is 29.1 Å². The maximum Gasteiger partial charge on any atom is 0.0346 e. The highest BCUT2D eigenvalue weighted by Crippen LogP contribution is 2.26. The zero-order valence-electron chi connectivity index (χ0n) is 10.2. The Kier molecular flexibility index (Phi) is 4.52. The zero-order valence-corrected chi connectivity index (χ0v) is 12.7. The summed E-state index contributed by atoms with van der Waals surface area (Å²) in [5.74, 6) is 3.96. The first-order valence-corrected chi connectivity index (χ1v) is 9.37. The summed E-state index contributed by atoms with van der Waals surface area (Å²) in [5, 5.41) is 8.13. The molecule has 18 heavy (non-hydrogen) atoms. The summed E-state index contributed by atoms with van der Waals surface area (Å²) < 4.78 is 1.40. The van der Waals surface area contributed by atoms with Gasteiger partial charge in [-0.1, -0.05) is 18.2 Å². The molecule has 2 aromatic rings. The van der Waals surface area contributed by atoms with Crippen molar-refractivity contribution in [1.29, 1.82) is 0 Å². The number of thioether (sulfide) groups is 2. The van der Waals surface area contributed by atoms with Gasteiger partial charge < -0.3 is 5.32 Å². The first-order chi connectivity index (χ1) is 8.93. The topological polar surface area (TPSA) is 12.0 Å². The Labute approximate surface area is 121 Å². The summed E-state index contributed by atoms with van der Waals surface area (Å²) in [6.07, 6.45) is 0. The van der Waals surface area contributed by atoms with Crippen molar-refractivity contribution in [1.82, 2.24) is 5.32 Å². The standard InChI is InChI=1S/C14H17NS3/c1-2-4-14-13(3-1)11(9-18-14)7-15-8-12-10-16-5-6-17-12/h1-4,9,12,15H,5-8,10H2. The molecule has 0 radical (unpaired) electrons. The van der Waals surface area contributed by atoms with Crippen LogP contribution in [0, 0.1) is 0 Å². The second-order valence-electron chi connectivity index (χ2n) is 4.46. The number of rotatable bonds is 4. The van der Waals surface area contributed by atoms with Gasteiger partial charge in [-0.2, -0.15) is 23.5 Å². The van der Waals surface area contributed by atoms with E-state index in [9.17, 15) is 0 Å². The van der Waals surface area contributed by atoms with E-state index in [0.717, 1.165) is 18.3 Å². The molecule has 4 heteroatoms. The van der Waals surface area contributed by atoms with Gasteiger partial charge >= 0.3 is 0 Å². The zero-order chi connectivity index (χ0) is 12.2. The minimum atomic E-state index is 0.800. The molecule has 1 aromatic heterocycles. The number of hydrogen-bond acceptors (Lipinski definition) is 4. The highest BCUT2D eigenvalue weighted by molar-refractivity contribution is 8.06. The summed E-state index contributed by atoms with van der Waals surface area (Å²) >= 11 is 6.07. The van der Waals surface area contributed by atoms with Gasteiger partial charge in [-0.25, -0.2) is 0 Å². The monoisotopic (exact) mass is 295 g/mol. The Morgan fingerprint density at radius 3 is 3.06 bits per heavy atom. The lowest BCUT2D eigenvalue weighted by Gasteiger charge is -2.21. The molecular formula is C14H17NS3. The highest BCUT2D eigenvalue weighted by Gasteiger charge is 2.13. The lowest BCUT2D eigenvalue weighted by atomic mass is 10.2. The van der Waals surface area contributed by atoms with E-state index in [1.807, 2.05) is 11.3 Å². The van der Waals surface area contributed by atoms with E-state index in [4.69, 9.17) is 0 Å². The Bertz CT molecular complexity index is 502. The van der Waals surface area contributed by atoms with Crippen LogP contribution in [-0.2, 0) is 6.54 Å². The van der Waals surface area contributed by atoms with E-state index in [-0.39, 0.29) is 0 Å². The van der Waals surface area contributed by atoms with Crippen molar-refractivity contribution in [2.24, 2.45) is 0 Å². The van der Waals surface area contributed by atoms with Crippen LogP contribution < -0.4 is 5.32 Å². The quantitative estimate of drug-likeness (QED) is 0.920. The van der Waals surface area contributed by atoms with Crippen molar-refractivity contribution in [2.75, 3.05) is 23.8 Å². The highest BCUT2D eigenvalue weighted by atomic mass is 32.2. The van der Waals surface area contributed by atoms with Crippen molar-refractivity contribution >= 4 is 44.9 Å². The van der Waals surface area contributed by atoms with Crippen LogP contribution in [0.2, 0.25) is 0 Å². The average Bonchev–Trinajstić information content (AvgIpc) is 2.84. The van der Waals surface area contributed by atoms with Crippen molar-refractivity contribution in [3.05, 3.63) is 35.2 Å². The van der Waals surface area contributed by atoms with Crippen LogP contribution in [0.5, 0.6) is 0 Å². The van der Waals surface area contributed by atoms with Gasteiger partial charge in [-0.05, 0) is 22.4 Å². The minimum absolute atomic E-state index is 0.800. The SMILES string of the molecule is c1ccc2c(CNCC3CSCCS3)csc2c1. The van der Waals surface area contributed by atoms with Crippen LogP contribution >= 0.6 is 34.9 Å². The molecule has 3 rings (SSSR count). The molecule has 0 amide bonds. The third-order valence-corrected chi connectivity index (χ3v) is 6.99. The van der Waals surface area contributed by atoms with Gasteiger partial charge in [0.25, 0.3) is 0 Å². The number of thiophene rings is 1. The van der Waals surface area contributed by atoms with E-state index in [0.29, 0.717) is 0 Å². The molecule has 1 N–H and O–H groups in total. The fraction of sp³-hybridized carbons (Fsp3) is 0.429. The lowest BCUT2D eigenvalue weighted by Crippen LogP contribution is -2.28. The van der Waals surface area contributed by atoms with Crippen molar-refractivity contribution in [3.63, 3.8) is 0 Å². The van der Waals surface area contributed by atoms with E-state index in [1.165, 1.54) is 32.9 Å². The minimum Gasteiger partial charge on any atom is -0.311 e. The molecule has 1 aromatic carbocycles. The van der Waals surface area contributed by atoms with Crippen LogP contribution in [0.15, 0.2) is 29.6 Å². The van der Waals surface area contributed by atoms with Crippen LogP contribution in [0.25, 0.3) is 10.1 Å². The third kappa shape index (κ3) is 3.05. The van der Waals surface area contributed by atoms with Gasteiger partial charge in [-0.3, -0.25) is 0 Å². The Balaban J connectivity index is 1.56. The number of hydrogen-bond donors (Lipinski definition) is 1. The van der Waals surface area contributed by atoms with Crippen molar-refractivity contribution in [2.45, 2.75) is 11.8 Å². The smallest absolute Gasteiger partial charge is 0.0346 e. The van der Waals surface area contributed by atoms with Crippen LogP contribution in [0.1, 0.15) is 5.56 Å². The predicted octanol–water partition coefficient (Wildman–Crippen LogP) is 3.84. The molecule has 1 fully saturated rings. The van der Waals surface area contributed by atoms with Gasteiger partial charge in [0.05, 0.1) is 0 Å². The molecular weight excluding hydrogens is 278 g/mol. The first-order valence-electron chi connectivity index (χ1n) is 6.28. The fourth-order valence-corrected chi connectivity index (χ4v) is 5.80. The number of fused-ring (bicyclic) bond motifs is 1. The molecule has 1 atom stereocenters. The van der Waals surface area contributed by atoms with Gasteiger partial charge in [0.15, 0.2) is 0 Å². The first kappa shape index (κ1) is 12.9. The Morgan fingerprint density at radius 1 is 1.22 bits per heavy atom. The molecule has 0 saturated carbocycles. The lowest BCUT2D eigenvalue weighted by molar-refractivity contribution is 0.690. The summed E-state index contributed by atoms with van der Waals surface area (Å²) in [7, 11) is 0. The summed E-state index contributed by atoms with van der Waals surface area (Å²) in [6.45, 7) is 2.15. The van der Waals surface area contributed by atoms with Crippen molar-refractivity contribution < 1.29 is 0 Å². The van der Waals surface area contributed by atoms with Gasteiger partial charge in [0.1, 0.15) is 0 Å². The third-order valence-electron chi connectivity index (χ3n) is 3.13. The molecule has 2 heterocycles.